The highest BCUT2D eigenvalue weighted by Gasteiger charge is 2.04. The molecule has 0 unspecified atom stereocenters. The van der Waals surface area contributed by atoms with Gasteiger partial charge in [0.1, 0.15) is 0 Å². The highest BCUT2D eigenvalue weighted by molar-refractivity contribution is 5.14. The van der Waals surface area contributed by atoms with Crippen molar-refractivity contribution in [3.05, 3.63) is 48.0 Å². The first-order valence-electron chi connectivity index (χ1n) is 5.74. The summed E-state index contributed by atoms with van der Waals surface area (Å²) in [5.74, 6) is 0. The molecule has 0 aliphatic heterocycles. The SMILES string of the molecule is C=C(C)CCN(CCO)Cc1ccccc1. The molecule has 2 heteroatoms. The summed E-state index contributed by atoms with van der Waals surface area (Å²) in [7, 11) is 0. The molecule has 0 aliphatic carbocycles. The molecule has 1 aromatic carbocycles. The van der Waals surface area contributed by atoms with E-state index < -0.39 is 0 Å². The van der Waals surface area contributed by atoms with Gasteiger partial charge in [-0.2, -0.15) is 0 Å². The fourth-order valence-electron chi connectivity index (χ4n) is 1.60. The van der Waals surface area contributed by atoms with Crippen molar-refractivity contribution in [2.45, 2.75) is 19.9 Å². The second-order valence-electron chi connectivity index (χ2n) is 4.19. The number of aliphatic hydroxyl groups is 1. The standard InChI is InChI=1S/C14H21NO/c1-13(2)8-9-15(10-11-16)12-14-6-4-3-5-7-14/h3-7,16H,1,8-12H2,2H3. The molecule has 16 heavy (non-hydrogen) atoms. The van der Waals surface area contributed by atoms with Gasteiger partial charge in [0.15, 0.2) is 0 Å². The lowest BCUT2D eigenvalue weighted by molar-refractivity contribution is 0.191. The molecule has 2 nitrogen and oxygen atoms in total. The Kier molecular flexibility index (Phi) is 5.83. The lowest BCUT2D eigenvalue weighted by atomic mass is 10.2. The Morgan fingerprint density at radius 2 is 1.94 bits per heavy atom. The van der Waals surface area contributed by atoms with E-state index in [0.717, 1.165) is 26.1 Å². The first kappa shape index (κ1) is 12.9. The molecule has 0 spiro atoms. The molecular formula is C14H21NO. The Labute approximate surface area is 98.2 Å². The zero-order valence-corrected chi connectivity index (χ0v) is 10.0. The van der Waals surface area contributed by atoms with Gasteiger partial charge in [-0.05, 0) is 18.9 Å². The average molecular weight is 219 g/mol. The van der Waals surface area contributed by atoms with Gasteiger partial charge < -0.3 is 5.11 Å². The van der Waals surface area contributed by atoms with Crippen molar-refractivity contribution in [3.8, 4) is 0 Å². The smallest absolute Gasteiger partial charge is 0.0558 e. The molecule has 0 fully saturated rings. The minimum Gasteiger partial charge on any atom is -0.395 e. The minimum atomic E-state index is 0.211. The Hall–Kier alpha value is -1.12. The van der Waals surface area contributed by atoms with Crippen LogP contribution in [0.5, 0.6) is 0 Å². The normalized spacial score (nSPS) is 10.7. The monoisotopic (exact) mass is 219 g/mol. The van der Waals surface area contributed by atoms with E-state index in [-0.39, 0.29) is 6.61 Å². The van der Waals surface area contributed by atoms with Crippen LogP contribution in [0.4, 0.5) is 0 Å². The second kappa shape index (κ2) is 7.20. The second-order valence-corrected chi connectivity index (χ2v) is 4.19. The van der Waals surface area contributed by atoms with Crippen LogP contribution in [0.15, 0.2) is 42.5 Å². The molecule has 0 amide bonds. The van der Waals surface area contributed by atoms with E-state index in [4.69, 9.17) is 5.11 Å². The molecule has 1 rings (SSSR count). The van der Waals surface area contributed by atoms with E-state index in [2.05, 4.69) is 23.6 Å². The zero-order chi connectivity index (χ0) is 11.8. The van der Waals surface area contributed by atoms with Gasteiger partial charge in [-0.3, -0.25) is 4.90 Å². The predicted octanol–water partition coefficient (Wildman–Crippen LogP) is 2.45. The van der Waals surface area contributed by atoms with Gasteiger partial charge in [-0.1, -0.05) is 35.9 Å². The maximum Gasteiger partial charge on any atom is 0.0558 e. The van der Waals surface area contributed by atoms with Crippen LogP contribution in [0.3, 0.4) is 0 Å². The fourth-order valence-corrected chi connectivity index (χ4v) is 1.60. The van der Waals surface area contributed by atoms with E-state index in [1.807, 2.05) is 25.1 Å². The molecular weight excluding hydrogens is 198 g/mol. The van der Waals surface area contributed by atoms with Gasteiger partial charge in [0.05, 0.1) is 6.61 Å². The molecule has 0 aromatic heterocycles. The molecule has 88 valence electrons. The van der Waals surface area contributed by atoms with Crippen LogP contribution in [-0.4, -0.2) is 29.7 Å². The van der Waals surface area contributed by atoms with Gasteiger partial charge in [-0.25, -0.2) is 0 Å². The predicted molar refractivity (Wildman–Crippen MR) is 68.2 cm³/mol. The fraction of sp³-hybridized carbons (Fsp3) is 0.429. The number of aliphatic hydroxyl groups excluding tert-OH is 1. The Balaban J connectivity index is 2.47. The van der Waals surface area contributed by atoms with Crippen molar-refractivity contribution in [2.24, 2.45) is 0 Å². The average Bonchev–Trinajstić information content (AvgIpc) is 2.27. The molecule has 0 atom stereocenters. The third kappa shape index (κ3) is 5.10. The highest BCUT2D eigenvalue weighted by atomic mass is 16.3. The summed E-state index contributed by atoms with van der Waals surface area (Å²) in [5.41, 5.74) is 2.48. The Morgan fingerprint density at radius 1 is 1.25 bits per heavy atom. The zero-order valence-electron chi connectivity index (χ0n) is 10.0. The summed E-state index contributed by atoms with van der Waals surface area (Å²) >= 11 is 0. The third-order valence-corrected chi connectivity index (χ3v) is 2.52. The minimum absolute atomic E-state index is 0.211. The summed E-state index contributed by atoms with van der Waals surface area (Å²) in [6.45, 7) is 8.74. The summed E-state index contributed by atoms with van der Waals surface area (Å²) < 4.78 is 0. The molecule has 0 bridgehead atoms. The van der Waals surface area contributed by atoms with Crippen molar-refractivity contribution in [2.75, 3.05) is 19.7 Å². The van der Waals surface area contributed by atoms with E-state index in [0.29, 0.717) is 0 Å². The highest BCUT2D eigenvalue weighted by Crippen LogP contribution is 2.06. The maximum atomic E-state index is 9.02. The van der Waals surface area contributed by atoms with Crippen molar-refractivity contribution in [1.82, 2.24) is 4.90 Å². The van der Waals surface area contributed by atoms with Crippen LogP contribution in [0.25, 0.3) is 0 Å². The van der Waals surface area contributed by atoms with Crippen LogP contribution in [0, 0.1) is 0 Å². The topological polar surface area (TPSA) is 23.5 Å². The quantitative estimate of drug-likeness (QED) is 0.712. The van der Waals surface area contributed by atoms with Crippen LogP contribution in [0.1, 0.15) is 18.9 Å². The number of hydrogen-bond donors (Lipinski definition) is 1. The van der Waals surface area contributed by atoms with Gasteiger partial charge in [0.2, 0.25) is 0 Å². The molecule has 0 saturated carbocycles. The van der Waals surface area contributed by atoms with Crippen molar-refractivity contribution < 1.29 is 5.11 Å². The van der Waals surface area contributed by atoms with E-state index in [1.54, 1.807) is 0 Å². The summed E-state index contributed by atoms with van der Waals surface area (Å²) in [4.78, 5) is 2.25. The summed E-state index contributed by atoms with van der Waals surface area (Å²) in [6.07, 6.45) is 0.993. The van der Waals surface area contributed by atoms with E-state index in [9.17, 15) is 0 Å². The van der Waals surface area contributed by atoms with Crippen molar-refractivity contribution >= 4 is 0 Å². The number of benzene rings is 1. The summed E-state index contributed by atoms with van der Waals surface area (Å²) in [6, 6.07) is 10.3. The van der Waals surface area contributed by atoms with Crippen LogP contribution >= 0.6 is 0 Å². The van der Waals surface area contributed by atoms with Crippen molar-refractivity contribution in [1.29, 1.82) is 0 Å². The largest absolute Gasteiger partial charge is 0.395 e. The van der Waals surface area contributed by atoms with Gasteiger partial charge >= 0.3 is 0 Å². The number of rotatable bonds is 7. The molecule has 1 N–H and O–H groups in total. The maximum absolute atomic E-state index is 9.02. The van der Waals surface area contributed by atoms with Crippen molar-refractivity contribution in [3.63, 3.8) is 0 Å². The molecule has 0 heterocycles. The van der Waals surface area contributed by atoms with Crippen LogP contribution < -0.4 is 0 Å². The molecule has 0 radical (unpaired) electrons. The number of hydrogen-bond acceptors (Lipinski definition) is 2. The van der Waals surface area contributed by atoms with Gasteiger partial charge in [0, 0.05) is 19.6 Å². The lowest BCUT2D eigenvalue weighted by Gasteiger charge is -2.21. The lowest BCUT2D eigenvalue weighted by Crippen LogP contribution is -2.27. The van der Waals surface area contributed by atoms with E-state index in [1.165, 1.54) is 11.1 Å². The Bertz CT molecular complexity index is 308. The molecule has 0 saturated heterocycles. The first-order chi connectivity index (χ1) is 7.72. The number of nitrogens with zero attached hydrogens (tertiary/aromatic N) is 1. The van der Waals surface area contributed by atoms with Crippen LogP contribution in [0.2, 0.25) is 0 Å². The van der Waals surface area contributed by atoms with Gasteiger partial charge in [0.25, 0.3) is 0 Å². The third-order valence-electron chi connectivity index (χ3n) is 2.52. The van der Waals surface area contributed by atoms with E-state index >= 15 is 0 Å². The van der Waals surface area contributed by atoms with Gasteiger partial charge in [-0.15, -0.1) is 6.58 Å². The Morgan fingerprint density at radius 3 is 2.50 bits per heavy atom. The van der Waals surface area contributed by atoms with Crippen LogP contribution in [-0.2, 0) is 6.54 Å². The molecule has 1 aromatic rings. The first-order valence-corrected chi connectivity index (χ1v) is 5.74. The summed E-state index contributed by atoms with van der Waals surface area (Å²) in [5, 5.41) is 9.02. The molecule has 0 aliphatic rings.